The number of pyridine rings is 1. The van der Waals surface area contributed by atoms with Gasteiger partial charge in [0.15, 0.2) is 0 Å². The molecule has 0 spiro atoms. The highest BCUT2D eigenvalue weighted by atomic mass is 35.5. The largest absolute Gasteiger partial charge is 0.386 e. The summed E-state index contributed by atoms with van der Waals surface area (Å²) in [5.41, 5.74) is 7.23. The lowest BCUT2D eigenvalue weighted by Gasteiger charge is -2.12. The number of anilines is 1. The summed E-state index contributed by atoms with van der Waals surface area (Å²) in [6.07, 6.45) is -0.828. The lowest BCUT2D eigenvalue weighted by molar-refractivity contribution is 0.157. The number of aromatic nitrogens is 1. The summed E-state index contributed by atoms with van der Waals surface area (Å²) in [6, 6.07) is 5.42. The topological polar surface area (TPSA) is 71.2 Å². The molecule has 0 fully saturated rings. The van der Waals surface area contributed by atoms with Gasteiger partial charge in [0, 0.05) is 23.5 Å². The van der Waals surface area contributed by atoms with Crippen molar-refractivity contribution >= 4 is 61.8 Å². The van der Waals surface area contributed by atoms with E-state index in [-0.39, 0.29) is 0 Å². The van der Waals surface area contributed by atoms with Crippen LogP contribution in [-0.2, 0) is 6.54 Å². The van der Waals surface area contributed by atoms with Crippen LogP contribution in [0.15, 0.2) is 23.6 Å². The summed E-state index contributed by atoms with van der Waals surface area (Å²) < 4.78 is 0.866. The normalized spacial score (nSPS) is 14.1. The van der Waals surface area contributed by atoms with Gasteiger partial charge < -0.3 is 16.2 Å². The van der Waals surface area contributed by atoms with Crippen LogP contribution in [0, 0.1) is 0 Å². The van der Waals surface area contributed by atoms with Gasteiger partial charge in [-0.25, -0.2) is 4.98 Å². The van der Waals surface area contributed by atoms with E-state index >= 15 is 0 Å². The Morgan fingerprint density at radius 3 is 2.87 bits per heavy atom. The van der Waals surface area contributed by atoms with Crippen LogP contribution in [0.5, 0.6) is 0 Å². The molecule has 0 amide bonds. The molecule has 0 bridgehead atoms. The number of aliphatic hydroxyl groups excluding tert-OH is 1. The first-order valence-electron chi connectivity index (χ1n) is 6.95. The molecule has 0 aliphatic carbocycles. The molecule has 0 saturated carbocycles. The maximum absolute atomic E-state index is 10.2. The molecule has 4 nitrogen and oxygen atoms in total. The molecule has 3 aromatic heterocycles. The molecule has 3 heterocycles. The minimum absolute atomic E-state index is 0.354. The van der Waals surface area contributed by atoms with E-state index in [4.69, 9.17) is 28.9 Å². The minimum Gasteiger partial charge on any atom is -0.386 e. The van der Waals surface area contributed by atoms with E-state index in [2.05, 4.69) is 16.4 Å². The number of nitrogens with two attached hydrogens (primary N) is 1. The number of hydrogen-bond donors (Lipinski definition) is 3. The zero-order valence-corrected chi connectivity index (χ0v) is 15.4. The molecule has 0 saturated heterocycles. The smallest absolute Gasteiger partial charge is 0.131 e. The lowest BCUT2D eigenvalue weighted by atomic mass is 10.1. The van der Waals surface area contributed by atoms with E-state index in [1.54, 1.807) is 24.3 Å². The Hall–Kier alpha value is -0.890. The molecule has 4 N–H and O–H groups in total. The summed E-state index contributed by atoms with van der Waals surface area (Å²) in [5, 5.41) is 16.4. The van der Waals surface area contributed by atoms with Crippen molar-refractivity contribution < 1.29 is 5.11 Å². The minimum atomic E-state index is -0.828. The summed E-state index contributed by atoms with van der Waals surface area (Å²) in [6.45, 7) is 2.43. The van der Waals surface area contributed by atoms with Gasteiger partial charge in [0.1, 0.15) is 16.8 Å². The van der Waals surface area contributed by atoms with E-state index in [9.17, 15) is 5.11 Å². The van der Waals surface area contributed by atoms with Gasteiger partial charge >= 0.3 is 0 Å². The Kier molecular flexibility index (Phi) is 5.10. The van der Waals surface area contributed by atoms with Gasteiger partial charge in [-0.3, -0.25) is 0 Å². The van der Waals surface area contributed by atoms with Crippen molar-refractivity contribution in [1.82, 2.24) is 4.98 Å². The van der Waals surface area contributed by atoms with Crippen LogP contribution in [-0.4, -0.2) is 16.1 Å². The number of nitrogens with zero attached hydrogens (tertiary/aromatic N) is 1. The average Bonchev–Trinajstić information content (AvgIpc) is 3.13. The predicted octanol–water partition coefficient (Wildman–Crippen LogP) is 4.66. The van der Waals surface area contributed by atoms with Crippen molar-refractivity contribution in [3.05, 3.63) is 43.5 Å². The molecule has 2 unspecified atom stereocenters. The van der Waals surface area contributed by atoms with E-state index in [1.165, 1.54) is 16.2 Å². The summed E-state index contributed by atoms with van der Waals surface area (Å²) in [7, 11) is 0. The number of nitrogens with one attached hydrogen (secondary N) is 1. The van der Waals surface area contributed by atoms with Crippen molar-refractivity contribution in [2.24, 2.45) is 5.73 Å². The first-order chi connectivity index (χ1) is 11.0. The van der Waals surface area contributed by atoms with Crippen molar-refractivity contribution in [3.63, 3.8) is 0 Å². The average molecular weight is 388 g/mol. The van der Waals surface area contributed by atoms with E-state index in [0.29, 0.717) is 27.1 Å². The SMILES string of the molecule is CC(N)C(O)c1sc2c(NCc3cccs3)cc(Cl)nc2c1Cl. The van der Waals surface area contributed by atoms with Crippen LogP contribution in [0.2, 0.25) is 10.2 Å². The quantitative estimate of drug-likeness (QED) is 0.556. The van der Waals surface area contributed by atoms with Gasteiger partial charge in [-0.1, -0.05) is 29.3 Å². The van der Waals surface area contributed by atoms with Gasteiger partial charge in [0.2, 0.25) is 0 Å². The summed E-state index contributed by atoms with van der Waals surface area (Å²) in [5.74, 6) is 0. The fourth-order valence-electron chi connectivity index (χ4n) is 2.18. The highest BCUT2D eigenvalue weighted by Crippen LogP contribution is 2.42. The van der Waals surface area contributed by atoms with Crippen LogP contribution in [0.3, 0.4) is 0 Å². The highest BCUT2D eigenvalue weighted by molar-refractivity contribution is 7.20. The third kappa shape index (κ3) is 3.47. The van der Waals surface area contributed by atoms with Crippen LogP contribution in [0.4, 0.5) is 5.69 Å². The maximum atomic E-state index is 10.2. The van der Waals surface area contributed by atoms with Crippen molar-refractivity contribution in [2.75, 3.05) is 5.32 Å². The molecular formula is C15H15Cl2N3OS2. The second kappa shape index (κ2) is 6.93. The standard InChI is InChI=1S/C15H15Cl2N3OS2/c1-7(18)13(21)15-11(17)12-14(23-15)9(5-10(16)20-12)19-6-8-3-2-4-22-8/h2-5,7,13,21H,6,18H2,1H3,(H,19,20). The maximum Gasteiger partial charge on any atom is 0.131 e. The molecule has 0 radical (unpaired) electrons. The van der Waals surface area contributed by atoms with Gasteiger partial charge in [0.05, 0.1) is 20.3 Å². The predicted molar refractivity (Wildman–Crippen MR) is 99.9 cm³/mol. The molecular weight excluding hydrogens is 373 g/mol. The number of rotatable bonds is 5. The molecule has 23 heavy (non-hydrogen) atoms. The van der Waals surface area contributed by atoms with Gasteiger partial charge in [-0.05, 0) is 18.4 Å². The number of fused-ring (bicyclic) bond motifs is 1. The van der Waals surface area contributed by atoms with Crippen LogP contribution < -0.4 is 11.1 Å². The molecule has 3 aromatic rings. The monoisotopic (exact) mass is 387 g/mol. The molecule has 8 heteroatoms. The lowest BCUT2D eigenvalue weighted by Crippen LogP contribution is -2.23. The van der Waals surface area contributed by atoms with Crippen LogP contribution in [0.25, 0.3) is 10.2 Å². The van der Waals surface area contributed by atoms with E-state index < -0.39 is 12.1 Å². The van der Waals surface area contributed by atoms with Crippen molar-refractivity contribution in [1.29, 1.82) is 0 Å². The van der Waals surface area contributed by atoms with Crippen LogP contribution >= 0.6 is 45.9 Å². The number of halogens is 2. The van der Waals surface area contributed by atoms with Crippen LogP contribution in [0.1, 0.15) is 22.8 Å². The Bertz CT molecular complexity index is 818. The number of hydrogen-bond acceptors (Lipinski definition) is 6. The fraction of sp³-hybridized carbons (Fsp3) is 0.267. The summed E-state index contributed by atoms with van der Waals surface area (Å²) in [4.78, 5) is 6.13. The van der Waals surface area contributed by atoms with Gasteiger partial charge in [-0.15, -0.1) is 22.7 Å². The first kappa shape index (κ1) is 17.0. The third-order valence-electron chi connectivity index (χ3n) is 3.38. The zero-order valence-electron chi connectivity index (χ0n) is 12.2. The number of thiophene rings is 2. The van der Waals surface area contributed by atoms with E-state index in [0.717, 1.165) is 10.4 Å². The Morgan fingerprint density at radius 1 is 1.43 bits per heavy atom. The van der Waals surface area contributed by atoms with Gasteiger partial charge in [0.25, 0.3) is 0 Å². The highest BCUT2D eigenvalue weighted by Gasteiger charge is 2.23. The molecule has 3 rings (SSSR count). The molecule has 0 aromatic carbocycles. The van der Waals surface area contributed by atoms with E-state index in [1.807, 2.05) is 11.4 Å². The fourth-order valence-corrected chi connectivity index (χ4v) is 4.67. The Morgan fingerprint density at radius 2 is 2.22 bits per heavy atom. The molecule has 2 atom stereocenters. The first-order valence-corrected chi connectivity index (χ1v) is 9.41. The zero-order chi connectivity index (χ0) is 16.6. The molecule has 0 aliphatic heterocycles. The van der Waals surface area contributed by atoms with Crippen molar-refractivity contribution in [2.45, 2.75) is 25.6 Å². The number of aliphatic hydroxyl groups is 1. The molecule has 122 valence electrons. The second-order valence-corrected chi connectivity index (χ2v) is 8.04. The Labute approximate surface area is 151 Å². The summed E-state index contributed by atoms with van der Waals surface area (Å²) >= 11 is 15.6. The van der Waals surface area contributed by atoms with Crippen molar-refractivity contribution in [3.8, 4) is 0 Å². The van der Waals surface area contributed by atoms with Gasteiger partial charge in [-0.2, -0.15) is 0 Å². The second-order valence-electron chi connectivity index (χ2n) is 5.19. The third-order valence-corrected chi connectivity index (χ3v) is 6.23. The Balaban J connectivity index is 2.02. The molecule has 0 aliphatic rings.